The van der Waals surface area contributed by atoms with Gasteiger partial charge in [-0.1, -0.05) is 42.5 Å². The summed E-state index contributed by atoms with van der Waals surface area (Å²) in [6, 6.07) is 19.0. The zero-order valence-electron chi connectivity index (χ0n) is 15.9. The summed E-state index contributed by atoms with van der Waals surface area (Å²) in [6.07, 6.45) is 4.14. The molecular formula is C23H25N3O2. The van der Waals surface area contributed by atoms with E-state index < -0.39 is 0 Å². The number of carbonyl (C=O) groups excluding carboxylic acids is 1. The summed E-state index contributed by atoms with van der Waals surface area (Å²) in [4.78, 5) is 16.9. The van der Waals surface area contributed by atoms with Crippen LogP contribution in [0.15, 0.2) is 73.1 Å². The van der Waals surface area contributed by atoms with Gasteiger partial charge in [0.1, 0.15) is 0 Å². The molecule has 3 rings (SSSR count). The van der Waals surface area contributed by atoms with Crippen molar-refractivity contribution < 1.29 is 9.90 Å². The van der Waals surface area contributed by atoms with Crippen LogP contribution < -0.4 is 10.6 Å². The number of hydrogen-bond donors (Lipinski definition) is 3. The fourth-order valence-corrected chi connectivity index (χ4v) is 3.10. The summed E-state index contributed by atoms with van der Waals surface area (Å²) in [5.74, 6) is -0.183. The lowest BCUT2D eigenvalue weighted by molar-refractivity contribution is 0.0916. The number of nitrogens with one attached hydrogen (secondary N) is 2. The first-order valence-corrected chi connectivity index (χ1v) is 9.35. The molecule has 1 amide bonds. The third-order valence-electron chi connectivity index (χ3n) is 4.66. The molecule has 1 aromatic heterocycles. The van der Waals surface area contributed by atoms with Crippen LogP contribution in [0, 0.1) is 6.92 Å². The second-order valence-corrected chi connectivity index (χ2v) is 6.74. The molecular weight excluding hydrogens is 350 g/mol. The quantitative estimate of drug-likeness (QED) is 0.565. The van der Waals surface area contributed by atoms with Crippen molar-refractivity contribution in [2.45, 2.75) is 25.9 Å². The van der Waals surface area contributed by atoms with Gasteiger partial charge < -0.3 is 15.7 Å². The van der Waals surface area contributed by atoms with Gasteiger partial charge in [-0.15, -0.1) is 0 Å². The van der Waals surface area contributed by atoms with E-state index in [4.69, 9.17) is 0 Å². The molecule has 0 bridgehead atoms. The van der Waals surface area contributed by atoms with Crippen molar-refractivity contribution in [1.82, 2.24) is 10.3 Å². The fourth-order valence-electron chi connectivity index (χ4n) is 3.10. The number of anilines is 1. The van der Waals surface area contributed by atoms with Crippen LogP contribution in [0.2, 0.25) is 0 Å². The molecule has 0 radical (unpaired) electrons. The smallest absolute Gasteiger partial charge is 0.251 e. The van der Waals surface area contributed by atoms with Crippen molar-refractivity contribution in [2.24, 2.45) is 0 Å². The maximum Gasteiger partial charge on any atom is 0.251 e. The molecule has 0 aliphatic rings. The van der Waals surface area contributed by atoms with Crippen LogP contribution in [-0.2, 0) is 13.0 Å². The van der Waals surface area contributed by atoms with E-state index in [9.17, 15) is 9.90 Å². The van der Waals surface area contributed by atoms with Crippen molar-refractivity contribution >= 4 is 11.6 Å². The number of aromatic nitrogens is 1. The number of pyridine rings is 1. The molecule has 0 saturated carbocycles. The van der Waals surface area contributed by atoms with E-state index in [-0.39, 0.29) is 18.6 Å². The Balaban J connectivity index is 1.67. The molecule has 5 heteroatoms. The first-order chi connectivity index (χ1) is 13.7. The van der Waals surface area contributed by atoms with Crippen molar-refractivity contribution in [3.8, 4) is 0 Å². The Hall–Kier alpha value is -3.18. The molecule has 0 aliphatic carbocycles. The Morgan fingerprint density at radius 1 is 1.04 bits per heavy atom. The zero-order valence-corrected chi connectivity index (χ0v) is 15.9. The number of carbonyl (C=O) groups is 1. The molecule has 144 valence electrons. The molecule has 1 heterocycles. The van der Waals surface area contributed by atoms with E-state index in [0.717, 1.165) is 22.4 Å². The minimum atomic E-state index is -0.332. The lowest BCUT2D eigenvalue weighted by atomic mass is 10.0. The Bertz CT molecular complexity index is 898. The van der Waals surface area contributed by atoms with Gasteiger partial charge in [0, 0.05) is 30.2 Å². The first-order valence-electron chi connectivity index (χ1n) is 9.35. The fraction of sp³-hybridized carbons (Fsp3) is 0.217. The van der Waals surface area contributed by atoms with Crippen molar-refractivity contribution in [3.63, 3.8) is 0 Å². The van der Waals surface area contributed by atoms with Gasteiger partial charge in [0.25, 0.3) is 5.91 Å². The van der Waals surface area contributed by atoms with Gasteiger partial charge in [0.2, 0.25) is 0 Å². The van der Waals surface area contributed by atoms with E-state index in [0.29, 0.717) is 18.5 Å². The van der Waals surface area contributed by atoms with Crippen LogP contribution in [-0.4, -0.2) is 28.6 Å². The number of nitrogens with zero attached hydrogens (tertiary/aromatic N) is 1. The van der Waals surface area contributed by atoms with Gasteiger partial charge in [-0.3, -0.25) is 9.78 Å². The van der Waals surface area contributed by atoms with Crippen molar-refractivity contribution in [1.29, 1.82) is 0 Å². The summed E-state index contributed by atoms with van der Waals surface area (Å²) in [7, 11) is 0. The van der Waals surface area contributed by atoms with Crippen LogP contribution in [0.1, 0.15) is 27.0 Å². The predicted molar refractivity (Wildman–Crippen MR) is 111 cm³/mol. The maximum absolute atomic E-state index is 12.8. The van der Waals surface area contributed by atoms with Crippen LogP contribution in [0.25, 0.3) is 0 Å². The van der Waals surface area contributed by atoms with E-state index in [1.807, 2.05) is 67.7 Å². The molecule has 5 nitrogen and oxygen atoms in total. The van der Waals surface area contributed by atoms with Gasteiger partial charge in [-0.05, 0) is 48.2 Å². The van der Waals surface area contributed by atoms with E-state index >= 15 is 0 Å². The van der Waals surface area contributed by atoms with Crippen molar-refractivity contribution in [3.05, 3.63) is 95.3 Å². The van der Waals surface area contributed by atoms with Gasteiger partial charge in [0.05, 0.1) is 12.6 Å². The van der Waals surface area contributed by atoms with Gasteiger partial charge in [-0.2, -0.15) is 0 Å². The molecule has 0 unspecified atom stereocenters. The first kappa shape index (κ1) is 19.6. The minimum Gasteiger partial charge on any atom is -0.394 e. The van der Waals surface area contributed by atoms with Crippen LogP contribution in [0.4, 0.5) is 5.69 Å². The third kappa shape index (κ3) is 5.18. The number of aliphatic hydroxyl groups excluding tert-OH is 1. The van der Waals surface area contributed by atoms with Crippen LogP contribution >= 0.6 is 0 Å². The normalized spacial score (nSPS) is 11.6. The van der Waals surface area contributed by atoms with Gasteiger partial charge in [0.15, 0.2) is 0 Å². The Morgan fingerprint density at radius 3 is 2.54 bits per heavy atom. The highest BCUT2D eigenvalue weighted by Gasteiger charge is 2.16. The molecule has 3 aromatic rings. The van der Waals surface area contributed by atoms with E-state index in [1.54, 1.807) is 12.3 Å². The molecule has 0 aliphatic heterocycles. The Labute approximate surface area is 165 Å². The Morgan fingerprint density at radius 2 is 1.82 bits per heavy atom. The SMILES string of the molecule is Cc1c(NCc2cccnc2)cccc1C(=O)N[C@H](CO)Cc1ccccc1. The summed E-state index contributed by atoms with van der Waals surface area (Å²) in [6.45, 7) is 2.44. The lowest BCUT2D eigenvalue weighted by Crippen LogP contribution is -2.39. The lowest BCUT2D eigenvalue weighted by Gasteiger charge is -2.18. The van der Waals surface area contributed by atoms with E-state index in [1.165, 1.54) is 0 Å². The highest BCUT2D eigenvalue weighted by Crippen LogP contribution is 2.20. The number of hydrogen-bond acceptors (Lipinski definition) is 4. The van der Waals surface area contributed by atoms with Gasteiger partial charge >= 0.3 is 0 Å². The summed E-state index contributed by atoms with van der Waals surface area (Å²) >= 11 is 0. The van der Waals surface area contributed by atoms with Crippen LogP contribution in [0.3, 0.4) is 0 Å². The average Bonchev–Trinajstić information content (AvgIpc) is 2.74. The van der Waals surface area contributed by atoms with E-state index in [2.05, 4.69) is 15.6 Å². The molecule has 2 aromatic carbocycles. The van der Waals surface area contributed by atoms with Gasteiger partial charge in [-0.25, -0.2) is 0 Å². The Kier molecular flexibility index (Phi) is 6.76. The summed E-state index contributed by atoms with van der Waals surface area (Å²) in [5, 5.41) is 16.0. The summed E-state index contributed by atoms with van der Waals surface area (Å²) in [5.41, 5.74) is 4.52. The standard InChI is InChI=1S/C23H25N3O2/c1-17-21(10-5-11-22(17)25-15-19-9-6-12-24-14-19)23(28)26-20(16-27)13-18-7-3-2-4-8-18/h2-12,14,20,25,27H,13,15-16H2,1H3,(H,26,28)/t20-/m0/s1. The molecule has 0 saturated heterocycles. The monoisotopic (exact) mass is 375 g/mol. The van der Waals surface area contributed by atoms with Crippen molar-refractivity contribution in [2.75, 3.05) is 11.9 Å². The largest absolute Gasteiger partial charge is 0.394 e. The number of rotatable bonds is 8. The highest BCUT2D eigenvalue weighted by atomic mass is 16.3. The minimum absolute atomic E-state index is 0.112. The second-order valence-electron chi connectivity index (χ2n) is 6.74. The summed E-state index contributed by atoms with van der Waals surface area (Å²) < 4.78 is 0. The van der Waals surface area contributed by atoms with Crippen LogP contribution in [0.5, 0.6) is 0 Å². The third-order valence-corrected chi connectivity index (χ3v) is 4.66. The zero-order chi connectivity index (χ0) is 19.8. The molecule has 0 spiro atoms. The maximum atomic E-state index is 12.8. The average molecular weight is 375 g/mol. The molecule has 28 heavy (non-hydrogen) atoms. The number of amides is 1. The molecule has 1 atom stereocenters. The second kappa shape index (κ2) is 9.67. The number of aliphatic hydroxyl groups is 1. The topological polar surface area (TPSA) is 74.2 Å². The molecule has 3 N–H and O–H groups in total. The molecule has 0 fully saturated rings. The predicted octanol–water partition coefficient (Wildman–Crippen LogP) is 3.34. The number of benzene rings is 2. The highest BCUT2D eigenvalue weighted by molar-refractivity contribution is 5.97.